The molecule has 0 unspecified atom stereocenters. The molecule has 1 aromatic carbocycles. The molecule has 2 rings (SSSR count). The normalized spacial score (nSPS) is 15.3. The molecule has 0 radical (unpaired) electrons. The second-order valence-corrected chi connectivity index (χ2v) is 6.24. The Morgan fingerprint density at radius 3 is 2.38 bits per heavy atom. The molecule has 0 aromatic heterocycles. The number of hydrogen-bond acceptors (Lipinski definition) is 4. The molecule has 1 saturated heterocycles. The van der Waals surface area contributed by atoms with Gasteiger partial charge in [0.1, 0.15) is 0 Å². The van der Waals surface area contributed by atoms with Crippen LogP contribution in [0, 0.1) is 0 Å². The van der Waals surface area contributed by atoms with Crippen LogP contribution in [0.4, 0.5) is 0 Å². The van der Waals surface area contributed by atoms with Gasteiger partial charge in [0.05, 0.1) is 7.11 Å². The molecule has 5 nitrogen and oxygen atoms in total. The summed E-state index contributed by atoms with van der Waals surface area (Å²) in [5.74, 6) is 0.113. The van der Waals surface area contributed by atoms with Crippen LogP contribution in [0.1, 0.15) is 31.2 Å². The number of aryl methyl sites for hydroxylation is 1. The molecule has 132 valence electrons. The largest absolute Gasteiger partial charge is 0.469 e. The van der Waals surface area contributed by atoms with Gasteiger partial charge in [-0.15, -0.1) is 0 Å². The predicted molar refractivity (Wildman–Crippen MR) is 93.7 cm³/mol. The lowest BCUT2D eigenvalue weighted by molar-refractivity contribution is -0.140. The molecular weight excluding hydrogens is 304 g/mol. The standard InChI is InChI=1S/C19H28N2O3/c1-24-19(23)11-6-12-20-13-15-21(16-14-20)18(22)10-5-9-17-7-3-2-4-8-17/h2-4,7-8H,5-6,9-16H2,1H3. The summed E-state index contributed by atoms with van der Waals surface area (Å²) < 4.78 is 4.65. The maximum atomic E-state index is 12.3. The highest BCUT2D eigenvalue weighted by atomic mass is 16.5. The van der Waals surface area contributed by atoms with Gasteiger partial charge in [-0.1, -0.05) is 30.3 Å². The second-order valence-electron chi connectivity index (χ2n) is 6.24. The summed E-state index contributed by atoms with van der Waals surface area (Å²) in [7, 11) is 1.42. The Bertz CT molecular complexity index is 511. The maximum absolute atomic E-state index is 12.3. The average molecular weight is 332 g/mol. The number of carbonyl (C=O) groups excluding carboxylic acids is 2. The molecule has 24 heavy (non-hydrogen) atoms. The van der Waals surface area contributed by atoms with Gasteiger partial charge in [0.15, 0.2) is 0 Å². The number of nitrogens with zero attached hydrogens (tertiary/aromatic N) is 2. The van der Waals surface area contributed by atoms with Crippen molar-refractivity contribution in [3.63, 3.8) is 0 Å². The van der Waals surface area contributed by atoms with E-state index in [4.69, 9.17) is 0 Å². The Hall–Kier alpha value is -1.88. The number of benzene rings is 1. The van der Waals surface area contributed by atoms with Crippen LogP contribution in [-0.4, -0.2) is 61.5 Å². The minimum absolute atomic E-state index is 0.151. The first-order valence-corrected chi connectivity index (χ1v) is 8.80. The second kappa shape index (κ2) is 10.1. The monoisotopic (exact) mass is 332 g/mol. The van der Waals surface area contributed by atoms with Crippen molar-refractivity contribution >= 4 is 11.9 Å². The van der Waals surface area contributed by atoms with Crippen molar-refractivity contribution < 1.29 is 14.3 Å². The third-order valence-electron chi connectivity index (χ3n) is 4.51. The molecule has 1 aromatic rings. The molecule has 1 aliphatic rings. The number of ether oxygens (including phenoxy) is 1. The molecule has 0 aliphatic carbocycles. The van der Waals surface area contributed by atoms with Crippen molar-refractivity contribution in [1.29, 1.82) is 0 Å². The van der Waals surface area contributed by atoms with Crippen LogP contribution in [-0.2, 0) is 20.7 Å². The molecule has 0 bridgehead atoms. The zero-order valence-corrected chi connectivity index (χ0v) is 14.6. The van der Waals surface area contributed by atoms with Crippen molar-refractivity contribution in [3.8, 4) is 0 Å². The molecule has 5 heteroatoms. The van der Waals surface area contributed by atoms with Crippen LogP contribution in [0.5, 0.6) is 0 Å². The summed E-state index contributed by atoms with van der Waals surface area (Å²) in [6, 6.07) is 10.3. The van der Waals surface area contributed by atoms with E-state index in [1.54, 1.807) is 0 Å². The molecule has 0 spiro atoms. The third kappa shape index (κ3) is 6.32. The topological polar surface area (TPSA) is 49.9 Å². The smallest absolute Gasteiger partial charge is 0.305 e. The molecule has 0 saturated carbocycles. The Balaban J connectivity index is 1.59. The van der Waals surface area contributed by atoms with E-state index in [1.165, 1.54) is 12.7 Å². The lowest BCUT2D eigenvalue weighted by Crippen LogP contribution is -2.48. The molecule has 1 fully saturated rings. The quantitative estimate of drug-likeness (QED) is 0.684. The molecule has 0 N–H and O–H groups in total. The highest BCUT2D eigenvalue weighted by Gasteiger charge is 2.20. The number of piperazine rings is 1. The van der Waals surface area contributed by atoms with E-state index in [0.717, 1.165) is 52.0 Å². The van der Waals surface area contributed by atoms with Gasteiger partial charge in [-0.2, -0.15) is 0 Å². The summed E-state index contributed by atoms with van der Waals surface area (Å²) >= 11 is 0. The number of methoxy groups -OCH3 is 1. The van der Waals surface area contributed by atoms with Crippen LogP contribution >= 0.6 is 0 Å². The van der Waals surface area contributed by atoms with Crippen LogP contribution in [0.2, 0.25) is 0 Å². The SMILES string of the molecule is COC(=O)CCCN1CCN(C(=O)CCCc2ccccc2)CC1. The van der Waals surface area contributed by atoms with Gasteiger partial charge in [-0.3, -0.25) is 14.5 Å². The van der Waals surface area contributed by atoms with Gasteiger partial charge in [0.25, 0.3) is 0 Å². The Kier molecular flexibility index (Phi) is 7.75. The van der Waals surface area contributed by atoms with E-state index in [-0.39, 0.29) is 11.9 Å². The molecule has 1 heterocycles. The van der Waals surface area contributed by atoms with Crippen molar-refractivity contribution in [3.05, 3.63) is 35.9 Å². The van der Waals surface area contributed by atoms with Crippen LogP contribution in [0.15, 0.2) is 30.3 Å². The lowest BCUT2D eigenvalue weighted by Gasteiger charge is -2.34. The average Bonchev–Trinajstić information content (AvgIpc) is 2.63. The van der Waals surface area contributed by atoms with Crippen LogP contribution in [0.25, 0.3) is 0 Å². The van der Waals surface area contributed by atoms with E-state index >= 15 is 0 Å². The first-order chi connectivity index (χ1) is 11.7. The molecular formula is C19H28N2O3. The highest BCUT2D eigenvalue weighted by molar-refractivity contribution is 5.76. The summed E-state index contributed by atoms with van der Waals surface area (Å²) in [6.07, 6.45) is 3.77. The minimum Gasteiger partial charge on any atom is -0.469 e. The number of carbonyl (C=O) groups is 2. The fraction of sp³-hybridized carbons (Fsp3) is 0.579. The third-order valence-corrected chi connectivity index (χ3v) is 4.51. The summed E-state index contributed by atoms with van der Waals surface area (Å²) in [4.78, 5) is 27.7. The maximum Gasteiger partial charge on any atom is 0.305 e. The van der Waals surface area contributed by atoms with E-state index in [9.17, 15) is 9.59 Å². The fourth-order valence-corrected chi connectivity index (χ4v) is 3.02. The van der Waals surface area contributed by atoms with Crippen LogP contribution in [0.3, 0.4) is 0 Å². The van der Waals surface area contributed by atoms with Crippen LogP contribution < -0.4 is 0 Å². The predicted octanol–water partition coefficient (Wildman–Crippen LogP) is 2.11. The van der Waals surface area contributed by atoms with E-state index in [0.29, 0.717) is 12.8 Å². The Morgan fingerprint density at radius 1 is 1.00 bits per heavy atom. The Labute approximate surface area is 144 Å². The number of amides is 1. The number of hydrogen-bond donors (Lipinski definition) is 0. The lowest BCUT2D eigenvalue weighted by atomic mass is 10.1. The van der Waals surface area contributed by atoms with Crippen molar-refractivity contribution in [2.75, 3.05) is 39.8 Å². The summed E-state index contributed by atoms with van der Waals surface area (Å²) in [5, 5.41) is 0. The first kappa shape index (κ1) is 18.5. The summed E-state index contributed by atoms with van der Waals surface area (Å²) in [5.41, 5.74) is 1.29. The number of rotatable bonds is 8. The fourth-order valence-electron chi connectivity index (χ4n) is 3.02. The minimum atomic E-state index is -0.151. The molecule has 1 amide bonds. The Morgan fingerprint density at radius 2 is 1.71 bits per heavy atom. The van der Waals surface area contributed by atoms with Gasteiger partial charge in [0.2, 0.25) is 5.91 Å². The number of esters is 1. The van der Waals surface area contributed by atoms with Gasteiger partial charge in [0, 0.05) is 39.0 Å². The van der Waals surface area contributed by atoms with E-state index in [2.05, 4.69) is 21.8 Å². The van der Waals surface area contributed by atoms with Gasteiger partial charge < -0.3 is 9.64 Å². The van der Waals surface area contributed by atoms with Gasteiger partial charge in [-0.05, 0) is 31.4 Å². The molecule has 1 aliphatic heterocycles. The van der Waals surface area contributed by atoms with Crippen molar-refractivity contribution in [2.24, 2.45) is 0 Å². The zero-order valence-electron chi connectivity index (χ0n) is 14.6. The van der Waals surface area contributed by atoms with Crippen molar-refractivity contribution in [2.45, 2.75) is 32.1 Å². The van der Waals surface area contributed by atoms with E-state index in [1.807, 2.05) is 23.1 Å². The van der Waals surface area contributed by atoms with Gasteiger partial charge in [-0.25, -0.2) is 0 Å². The zero-order chi connectivity index (χ0) is 17.2. The van der Waals surface area contributed by atoms with E-state index < -0.39 is 0 Å². The van der Waals surface area contributed by atoms with Crippen molar-refractivity contribution in [1.82, 2.24) is 9.80 Å². The summed E-state index contributed by atoms with van der Waals surface area (Å²) in [6.45, 7) is 4.27. The first-order valence-electron chi connectivity index (χ1n) is 8.80. The molecule has 0 atom stereocenters. The highest BCUT2D eigenvalue weighted by Crippen LogP contribution is 2.09. The van der Waals surface area contributed by atoms with Gasteiger partial charge >= 0.3 is 5.97 Å².